The van der Waals surface area contributed by atoms with Gasteiger partial charge in [-0.3, -0.25) is 20.2 Å². The summed E-state index contributed by atoms with van der Waals surface area (Å²) in [4.78, 5) is 21.6. The van der Waals surface area contributed by atoms with Crippen molar-refractivity contribution in [2.75, 3.05) is 5.32 Å². The molecule has 0 aromatic heterocycles. The topological polar surface area (TPSA) is 98.3 Å². The van der Waals surface area contributed by atoms with Crippen LogP contribution >= 0.6 is 0 Å². The highest BCUT2D eigenvalue weighted by Crippen LogP contribution is 2.54. The normalized spacial score (nSPS) is 21.4. The van der Waals surface area contributed by atoms with Gasteiger partial charge in [-0.05, 0) is 40.7 Å². The Hall–Kier alpha value is -3.74. The number of nitrogens with zero attached hydrogens (tertiary/aromatic N) is 2. The van der Waals surface area contributed by atoms with Crippen LogP contribution in [0.25, 0.3) is 0 Å². The summed E-state index contributed by atoms with van der Waals surface area (Å²) in [6.45, 7) is 0. The molecule has 0 bridgehead atoms. The lowest BCUT2D eigenvalue weighted by atomic mass is 9.75. The fourth-order valence-corrected chi connectivity index (χ4v) is 4.80. The van der Waals surface area contributed by atoms with Gasteiger partial charge in [0, 0.05) is 35.9 Å². The summed E-state index contributed by atoms with van der Waals surface area (Å²) >= 11 is 0. The molecule has 1 aliphatic heterocycles. The third kappa shape index (κ3) is 2.74. The lowest BCUT2D eigenvalue weighted by molar-refractivity contribution is -0.385. The van der Waals surface area contributed by atoms with Gasteiger partial charge >= 0.3 is 0 Å². The van der Waals surface area contributed by atoms with Crippen LogP contribution in [0.3, 0.4) is 0 Å². The first-order valence-electron chi connectivity index (χ1n) is 9.40. The molecule has 29 heavy (non-hydrogen) atoms. The molecule has 3 aromatic rings. The molecule has 7 heteroatoms. The maximum Gasteiger partial charge on any atom is 0.269 e. The smallest absolute Gasteiger partial charge is 0.269 e. The number of hydrogen-bond donors (Lipinski definition) is 1. The molecule has 3 atom stereocenters. The predicted octanol–water partition coefficient (Wildman–Crippen LogP) is 4.97. The van der Waals surface area contributed by atoms with E-state index >= 15 is 0 Å². The van der Waals surface area contributed by atoms with Crippen LogP contribution in [0.4, 0.5) is 17.1 Å². The molecule has 0 spiro atoms. The van der Waals surface area contributed by atoms with Crippen LogP contribution in [0.15, 0.2) is 66.7 Å². The van der Waals surface area contributed by atoms with Gasteiger partial charge in [0.05, 0.1) is 15.9 Å². The first kappa shape index (κ1) is 17.4. The van der Waals surface area contributed by atoms with Crippen LogP contribution in [0.5, 0.6) is 0 Å². The molecule has 0 fully saturated rings. The van der Waals surface area contributed by atoms with Crippen molar-refractivity contribution in [2.24, 2.45) is 5.92 Å². The monoisotopic (exact) mass is 387 g/mol. The number of non-ortho nitro benzene ring substituents is 2. The lowest BCUT2D eigenvalue weighted by Crippen LogP contribution is -2.30. The largest absolute Gasteiger partial charge is 0.378 e. The Labute approximate surface area is 166 Å². The predicted molar refractivity (Wildman–Crippen MR) is 108 cm³/mol. The van der Waals surface area contributed by atoms with E-state index in [0.717, 1.165) is 23.2 Å². The van der Waals surface area contributed by atoms with Crippen LogP contribution in [0.2, 0.25) is 0 Å². The van der Waals surface area contributed by atoms with Gasteiger partial charge in [0.25, 0.3) is 11.4 Å². The lowest BCUT2D eigenvalue weighted by Gasteiger charge is -2.37. The Kier molecular flexibility index (Phi) is 3.84. The third-order valence-corrected chi connectivity index (χ3v) is 6.06. The molecule has 1 aliphatic carbocycles. The second kappa shape index (κ2) is 6.41. The molecular weight excluding hydrogens is 370 g/mol. The average molecular weight is 387 g/mol. The Bertz CT molecular complexity index is 1140. The first-order chi connectivity index (χ1) is 14.0. The van der Waals surface area contributed by atoms with E-state index in [1.54, 1.807) is 24.3 Å². The van der Waals surface area contributed by atoms with E-state index in [1.165, 1.54) is 29.3 Å². The van der Waals surface area contributed by atoms with Crippen LogP contribution in [-0.4, -0.2) is 9.85 Å². The van der Waals surface area contributed by atoms with Gasteiger partial charge in [-0.15, -0.1) is 0 Å². The van der Waals surface area contributed by atoms with Crippen molar-refractivity contribution < 1.29 is 9.85 Å². The minimum Gasteiger partial charge on any atom is -0.378 e. The standard InChI is InChI=1S/C22H17N3O4/c26-24(27)15-7-5-13(6-8-15)22-19-11-14-3-1-2-4-17(14)21(19)18-12-16(25(28)29)9-10-20(18)23-22/h1-10,12,19,21-23H,11H2/t19-,21-,22+/m1/s1. The molecule has 1 N–H and O–H groups in total. The summed E-state index contributed by atoms with van der Waals surface area (Å²) in [5, 5.41) is 25.9. The maximum absolute atomic E-state index is 11.3. The number of fused-ring (bicyclic) bond motifs is 5. The fourth-order valence-electron chi connectivity index (χ4n) is 4.80. The van der Waals surface area contributed by atoms with E-state index in [4.69, 9.17) is 0 Å². The molecule has 2 aliphatic rings. The highest BCUT2D eigenvalue weighted by Gasteiger charge is 2.43. The molecule has 3 aromatic carbocycles. The highest BCUT2D eigenvalue weighted by molar-refractivity contribution is 5.65. The second-order valence-electron chi connectivity index (χ2n) is 7.54. The summed E-state index contributed by atoms with van der Waals surface area (Å²) in [7, 11) is 0. The second-order valence-corrected chi connectivity index (χ2v) is 7.54. The average Bonchev–Trinajstić information content (AvgIpc) is 3.12. The minimum atomic E-state index is -0.402. The van der Waals surface area contributed by atoms with Crippen molar-refractivity contribution >= 4 is 17.1 Å². The van der Waals surface area contributed by atoms with Crippen molar-refractivity contribution in [1.29, 1.82) is 0 Å². The third-order valence-electron chi connectivity index (χ3n) is 6.06. The molecule has 0 saturated heterocycles. The Morgan fingerprint density at radius 3 is 2.24 bits per heavy atom. The summed E-state index contributed by atoms with van der Waals surface area (Å²) in [5.74, 6) is 0.214. The number of anilines is 1. The number of rotatable bonds is 3. The molecule has 7 nitrogen and oxygen atoms in total. The zero-order chi connectivity index (χ0) is 20.1. The molecule has 0 amide bonds. The summed E-state index contributed by atoms with van der Waals surface area (Å²) in [5.41, 5.74) is 5.38. The zero-order valence-electron chi connectivity index (χ0n) is 15.3. The number of nitro groups is 2. The van der Waals surface area contributed by atoms with E-state index in [2.05, 4.69) is 17.4 Å². The van der Waals surface area contributed by atoms with E-state index in [1.807, 2.05) is 12.1 Å². The van der Waals surface area contributed by atoms with Crippen molar-refractivity contribution in [2.45, 2.75) is 18.4 Å². The van der Waals surface area contributed by atoms with E-state index in [0.29, 0.717) is 0 Å². The molecule has 1 heterocycles. The Morgan fingerprint density at radius 2 is 1.52 bits per heavy atom. The van der Waals surface area contributed by atoms with E-state index < -0.39 is 4.92 Å². The Balaban J connectivity index is 1.64. The van der Waals surface area contributed by atoms with Crippen molar-refractivity contribution in [3.05, 3.63) is 109 Å². The quantitative estimate of drug-likeness (QED) is 0.505. The Morgan fingerprint density at radius 1 is 0.828 bits per heavy atom. The van der Waals surface area contributed by atoms with Gasteiger partial charge < -0.3 is 5.32 Å². The number of nitrogens with one attached hydrogen (secondary N) is 1. The molecule has 0 unspecified atom stereocenters. The molecule has 144 valence electrons. The van der Waals surface area contributed by atoms with Crippen molar-refractivity contribution in [3.63, 3.8) is 0 Å². The van der Waals surface area contributed by atoms with Gasteiger partial charge in [0.2, 0.25) is 0 Å². The van der Waals surface area contributed by atoms with Crippen molar-refractivity contribution in [1.82, 2.24) is 0 Å². The van der Waals surface area contributed by atoms with Crippen LogP contribution < -0.4 is 5.32 Å². The van der Waals surface area contributed by atoms with Gasteiger partial charge in [-0.25, -0.2) is 0 Å². The van der Waals surface area contributed by atoms with Gasteiger partial charge in [0.1, 0.15) is 0 Å². The summed E-state index contributed by atoms with van der Waals surface area (Å²) < 4.78 is 0. The maximum atomic E-state index is 11.3. The molecule has 5 rings (SSSR count). The number of benzene rings is 3. The van der Waals surface area contributed by atoms with E-state index in [-0.39, 0.29) is 34.2 Å². The highest BCUT2D eigenvalue weighted by atomic mass is 16.6. The minimum absolute atomic E-state index is 0.0397. The van der Waals surface area contributed by atoms with Crippen molar-refractivity contribution in [3.8, 4) is 0 Å². The molecule has 0 saturated carbocycles. The van der Waals surface area contributed by atoms with Crippen LogP contribution in [0.1, 0.15) is 34.2 Å². The summed E-state index contributed by atoms with van der Waals surface area (Å²) in [6.07, 6.45) is 0.845. The van der Waals surface area contributed by atoms with E-state index in [9.17, 15) is 20.2 Å². The molecular formula is C22H17N3O4. The fraction of sp³-hybridized carbons (Fsp3) is 0.182. The van der Waals surface area contributed by atoms with Gasteiger partial charge in [-0.2, -0.15) is 0 Å². The number of nitro benzene ring substituents is 2. The van der Waals surface area contributed by atoms with Crippen LogP contribution in [0, 0.1) is 26.1 Å². The first-order valence-corrected chi connectivity index (χ1v) is 9.40. The van der Waals surface area contributed by atoms with Crippen LogP contribution in [-0.2, 0) is 6.42 Å². The van der Waals surface area contributed by atoms with Gasteiger partial charge in [0.15, 0.2) is 0 Å². The van der Waals surface area contributed by atoms with Gasteiger partial charge in [-0.1, -0.05) is 36.4 Å². The SMILES string of the molecule is O=[N+]([O-])c1ccc([C@@H]2Nc3ccc([N+](=O)[O-])cc3[C@H]3c4ccccc4C[C@H]32)cc1. The zero-order valence-corrected chi connectivity index (χ0v) is 15.3. The summed E-state index contributed by atoms with van der Waals surface area (Å²) in [6, 6.07) is 19.8. The molecule has 0 radical (unpaired) electrons. The number of hydrogen-bond acceptors (Lipinski definition) is 5.